The molecule has 80 valence electrons. The van der Waals surface area contributed by atoms with E-state index in [9.17, 15) is 4.79 Å². The van der Waals surface area contributed by atoms with E-state index in [2.05, 4.69) is 5.32 Å². The third-order valence-corrected chi connectivity index (χ3v) is 2.71. The Kier molecular flexibility index (Phi) is 3.14. The van der Waals surface area contributed by atoms with Crippen LogP contribution in [0.1, 0.15) is 10.4 Å². The molecule has 0 aromatic heterocycles. The Morgan fingerprint density at radius 3 is 2.73 bits per heavy atom. The van der Waals surface area contributed by atoms with E-state index in [1.54, 1.807) is 18.2 Å². The summed E-state index contributed by atoms with van der Waals surface area (Å²) in [6.45, 7) is 1.12. The lowest BCUT2D eigenvalue weighted by Gasteiger charge is -2.26. The Morgan fingerprint density at radius 2 is 2.13 bits per heavy atom. The van der Waals surface area contributed by atoms with Crippen LogP contribution in [0, 0.1) is 0 Å². The Bertz CT molecular complexity index is 391. The molecule has 0 saturated carbocycles. The maximum absolute atomic E-state index is 11.7. The van der Waals surface area contributed by atoms with Crippen molar-refractivity contribution in [2.45, 2.75) is 6.04 Å². The fraction of sp³-hybridized carbons (Fsp3) is 0.300. The monoisotopic (exact) mass is 245 g/mol. The van der Waals surface area contributed by atoms with E-state index in [0.717, 1.165) is 0 Å². The summed E-state index contributed by atoms with van der Waals surface area (Å²) in [6, 6.07) is 4.90. The highest BCUT2D eigenvalue weighted by atomic mass is 35.5. The highest BCUT2D eigenvalue weighted by molar-refractivity contribution is 6.35. The molecule has 3 nitrogen and oxygen atoms in total. The molecule has 1 saturated heterocycles. The zero-order valence-corrected chi connectivity index (χ0v) is 9.31. The third-order valence-electron chi connectivity index (χ3n) is 2.15. The molecule has 1 aliphatic heterocycles. The van der Waals surface area contributed by atoms with Crippen LogP contribution in [0.25, 0.3) is 0 Å². The fourth-order valence-electron chi connectivity index (χ4n) is 1.25. The first-order valence-corrected chi connectivity index (χ1v) is 5.26. The van der Waals surface area contributed by atoms with E-state index < -0.39 is 0 Å². The van der Waals surface area contributed by atoms with Crippen LogP contribution in [0.2, 0.25) is 10.0 Å². The summed E-state index contributed by atoms with van der Waals surface area (Å²) < 4.78 is 4.95. The van der Waals surface area contributed by atoms with Crippen LogP contribution in [0.15, 0.2) is 18.2 Å². The van der Waals surface area contributed by atoms with Crippen molar-refractivity contribution in [2.24, 2.45) is 0 Å². The summed E-state index contributed by atoms with van der Waals surface area (Å²) in [5.74, 6) is -0.212. The van der Waals surface area contributed by atoms with Gasteiger partial charge in [0, 0.05) is 5.02 Å². The zero-order valence-electron chi connectivity index (χ0n) is 7.80. The smallest absolute Gasteiger partial charge is 0.253 e. The largest absolute Gasteiger partial charge is 0.377 e. The summed E-state index contributed by atoms with van der Waals surface area (Å²) in [5, 5.41) is 3.69. The van der Waals surface area contributed by atoms with Crippen molar-refractivity contribution >= 4 is 29.1 Å². The normalized spacial score (nSPS) is 15.9. The molecule has 2 rings (SSSR count). The first-order valence-electron chi connectivity index (χ1n) is 4.50. The molecule has 0 atom stereocenters. The molecule has 1 N–H and O–H groups in total. The fourth-order valence-corrected chi connectivity index (χ4v) is 1.63. The van der Waals surface area contributed by atoms with Crippen molar-refractivity contribution in [3.05, 3.63) is 33.8 Å². The number of rotatable bonds is 2. The van der Waals surface area contributed by atoms with Gasteiger partial charge in [-0.3, -0.25) is 4.79 Å². The van der Waals surface area contributed by atoms with Gasteiger partial charge in [-0.2, -0.15) is 0 Å². The van der Waals surface area contributed by atoms with Gasteiger partial charge in [0.25, 0.3) is 5.91 Å². The molecular weight excluding hydrogens is 237 g/mol. The first kappa shape index (κ1) is 10.7. The number of halogens is 2. The van der Waals surface area contributed by atoms with Crippen molar-refractivity contribution in [3.8, 4) is 0 Å². The molecule has 1 aliphatic rings. The second-order valence-electron chi connectivity index (χ2n) is 3.33. The lowest BCUT2D eigenvalue weighted by Crippen LogP contribution is -2.48. The number of benzene rings is 1. The van der Waals surface area contributed by atoms with E-state index in [1.165, 1.54) is 0 Å². The summed E-state index contributed by atoms with van der Waals surface area (Å²) in [6.07, 6.45) is 0. The number of carbonyl (C=O) groups excluding carboxylic acids is 1. The maximum atomic E-state index is 11.7. The molecule has 15 heavy (non-hydrogen) atoms. The standard InChI is InChI=1S/C10H9Cl2NO2/c11-6-1-2-9(12)8(3-6)10(14)13-7-4-15-5-7/h1-3,7H,4-5H2,(H,13,14). The maximum Gasteiger partial charge on any atom is 0.253 e. The summed E-state index contributed by atoms with van der Waals surface area (Å²) >= 11 is 11.7. The van der Waals surface area contributed by atoms with Crippen molar-refractivity contribution in [3.63, 3.8) is 0 Å². The molecular formula is C10H9Cl2NO2. The van der Waals surface area contributed by atoms with E-state index in [4.69, 9.17) is 27.9 Å². The van der Waals surface area contributed by atoms with Crippen molar-refractivity contribution in [2.75, 3.05) is 13.2 Å². The molecule has 1 aromatic carbocycles. The van der Waals surface area contributed by atoms with Gasteiger partial charge in [-0.25, -0.2) is 0 Å². The van der Waals surface area contributed by atoms with Gasteiger partial charge >= 0.3 is 0 Å². The van der Waals surface area contributed by atoms with Crippen LogP contribution < -0.4 is 5.32 Å². The zero-order chi connectivity index (χ0) is 10.8. The minimum Gasteiger partial charge on any atom is -0.377 e. The minimum atomic E-state index is -0.212. The Morgan fingerprint density at radius 1 is 1.40 bits per heavy atom. The molecule has 0 spiro atoms. The third kappa shape index (κ3) is 2.43. The summed E-state index contributed by atoms with van der Waals surface area (Å²) in [7, 11) is 0. The van der Waals surface area contributed by atoms with Gasteiger partial charge in [0.05, 0.1) is 29.8 Å². The van der Waals surface area contributed by atoms with Gasteiger partial charge in [-0.1, -0.05) is 23.2 Å². The number of amides is 1. The molecule has 1 amide bonds. The van der Waals surface area contributed by atoms with E-state index in [0.29, 0.717) is 28.8 Å². The number of carbonyl (C=O) groups is 1. The molecule has 0 bridgehead atoms. The van der Waals surface area contributed by atoms with Gasteiger partial charge < -0.3 is 10.1 Å². The molecule has 1 aromatic rings. The lowest BCUT2D eigenvalue weighted by molar-refractivity contribution is -0.00346. The second kappa shape index (κ2) is 4.39. The Balaban J connectivity index is 2.12. The Labute approximate surface area is 97.3 Å². The van der Waals surface area contributed by atoms with Crippen LogP contribution in [-0.4, -0.2) is 25.2 Å². The van der Waals surface area contributed by atoms with Gasteiger partial charge in [0.2, 0.25) is 0 Å². The van der Waals surface area contributed by atoms with Crippen LogP contribution in [-0.2, 0) is 4.74 Å². The van der Waals surface area contributed by atoms with Crippen molar-refractivity contribution < 1.29 is 9.53 Å². The highest BCUT2D eigenvalue weighted by Crippen LogP contribution is 2.20. The number of nitrogens with one attached hydrogen (secondary N) is 1. The molecule has 1 heterocycles. The number of ether oxygens (including phenoxy) is 1. The van der Waals surface area contributed by atoms with Crippen LogP contribution in [0.3, 0.4) is 0 Å². The van der Waals surface area contributed by atoms with Gasteiger partial charge in [-0.05, 0) is 18.2 Å². The van der Waals surface area contributed by atoms with Gasteiger partial charge in [0.1, 0.15) is 0 Å². The van der Waals surface area contributed by atoms with Crippen LogP contribution in [0.5, 0.6) is 0 Å². The SMILES string of the molecule is O=C(NC1COC1)c1cc(Cl)ccc1Cl. The quantitative estimate of drug-likeness (QED) is 0.867. The van der Waals surface area contributed by atoms with Crippen LogP contribution >= 0.6 is 23.2 Å². The average Bonchev–Trinajstić information content (AvgIpc) is 2.15. The number of hydrogen-bond acceptors (Lipinski definition) is 2. The highest BCUT2D eigenvalue weighted by Gasteiger charge is 2.22. The van der Waals surface area contributed by atoms with E-state index in [1.807, 2.05) is 0 Å². The van der Waals surface area contributed by atoms with Gasteiger partial charge in [0.15, 0.2) is 0 Å². The van der Waals surface area contributed by atoms with E-state index >= 15 is 0 Å². The molecule has 1 fully saturated rings. The summed E-state index contributed by atoms with van der Waals surface area (Å²) in [4.78, 5) is 11.7. The topological polar surface area (TPSA) is 38.3 Å². The van der Waals surface area contributed by atoms with Crippen molar-refractivity contribution in [1.82, 2.24) is 5.32 Å². The molecule has 5 heteroatoms. The van der Waals surface area contributed by atoms with Crippen molar-refractivity contribution in [1.29, 1.82) is 0 Å². The second-order valence-corrected chi connectivity index (χ2v) is 4.18. The number of hydrogen-bond donors (Lipinski definition) is 1. The average molecular weight is 246 g/mol. The van der Waals surface area contributed by atoms with Gasteiger partial charge in [-0.15, -0.1) is 0 Å². The first-order chi connectivity index (χ1) is 7.16. The van der Waals surface area contributed by atoms with E-state index in [-0.39, 0.29) is 11.9 Å². The predicted molar refractivity (Wildman–Crippen MR) is 58.5 cm³/mol. The molecule has 0 unspecified atom stereocenters. The Hall–Kier alpha value is -0.770. The van der Waals surface area contributed by atoms with Crippen LogP contribution in [0.4, 0.5) is 0 Å². The minimum absolute atomic E-state index is 0.0903. The predicted octanol–water partition coefficient (Wildman–Crippen LogP) is 2.12. The summed E-state index contributed by atoms with van der Waals surface area (Å²) in [5.41, 5.74) is 0.399. The lowest BCUT2D eigenvalue weighted by atomic mass is 10.2. The molecule has 0 aliphatic carbocycles. The molecule has 0 radical (unpaired) electrons.